The Hall–Kier alpha value is -1.40. The third kappa shape index (κ3) is 2.58. The number of nitrogens with one attached hydrogen (secondary N) is 1. The van der Waals surface area contributed by atoms with E-state index in [2.05, 4.69) is 45.6 Å². The summed E-state index contributed by atoms with van der Waals surface area (Å²) in [5, 5.41) is 3.20. The van der Waals surface area contributed by atoms with Gasteiger partial charge < -0.3 is 4.90 Å². The van der Waals surface area contributed by atoms with Crippen molar-refractivity contribution >= 4 is 33.3 Å². The molecule has 3 rings (SSSR count). The quantitative estimate of drug-likeness (QED) is 0.669. The molecule has 0 atom stereocenters. The van der Waals surface area contributed by atoms with Crippen LogP contribution in [0.1, 0.15) is 39.5 Å². The van der Waals surface area contributed by atoms with E-state index in [1.807, 2.05) is 0 Å². The Morgan fingerprint density at radius 1 is 1.29 bits per heavy atom. The number of hydrogen-bond donors (Lipinski definition) is 2. The van der Waals surface area contributed by atoms with E-state index in [4.69, 9.17) is 5.84 Å². The van der Waals surface area contributed by atoms with Crippen molar-refractivity contribution in [2.45, 2.75) is 39.5 Å². The van der Waals surface area contributed by atoms with Crippen molar-refractivity contribution in [3.63, 3.8) is 0 Å². The van der Waals surface area contributed by atoms with Gasteiger partial charge in [-0.2, -0.15) is 4.98 Å². The smallest absolute Gasteiger partial charge is 0.240 e. The van der Waals surface area contributed by atoms with Gasteiger partial charge in [0, 0.05) is 13.1 Å². The number of hydrogen-bond acceptors (Lipinski definition) is 6. The fourth-order valence-corrected chi connectivity index (χ4v) is 4.05. The van der Waals surface area contributed by atoms with Gasteiger partial charge >= 0.3 is 0 Å². The molecule has 1 fully saturated rings. The highest BCUT2D eigenvalue weighted by atomic mass is 32.1. The van der Waals surface area contributed by atoms with Crippen LogP contribution < -0.4 is 16.2 Å². The van der Waals surface area contributed by atoms with Gasteiger partial charge in [0.15, 0.2) is 0 Å². The van der Waals surface area contributed by atoms with E-state index in [1.165, 1.54) is 25.7 Å². The summed E-state index contributed by atoms with van der Waals surface area (Å²) in [7, 11) is 0. The van der Waals surface area contributed by atoms with Gasteiger partial charge in [0.05, 0.1) is 5.39 Å². The van der Waals surface area contributed by atoms with Crippen LogP contribution in [-0.4, -0.2) is 23.1 Å². The Morgan fingerprint density at radius 2 is 2.00 bits per heavy atom. The number of fused-ring (bicyclic) bond motifs is 1. The minimum Gasteiger partial charge on any atom is -0.356 e. The summed E-state index contributed by atoms with van der Waals surface area (Å²) in [5.74, 6) is 7.03. The molecule has 2 aromatic heterocycles. The zero-order valence-electron chi connectivity index (χ0n) is 12.7. The highest BCUT2D eigenvalue weighted by molar-refractivity contribution is 7.16. The Bertz CT molecular complexity index is 610. The standard InChI is InChI=1S/C15H23N5S/c1-3-15(4-2)6-8-20(9-7-15)12-11-5-10-21-13(11)18-14(17-12)19-16/h5,10H,3-4,6-9,16H2,1-2H3,(H,17,18,19). The Kier molecular flexibility index (Phi) is 3.99. The predicted octanol–water partition coefficient (Wildman–Crippen LogP) is 3.38. The molecule has 0 aromatic carbocycles. The first-order chi connectivity index (χ1) is 10.2. The van der Waals surface area contributed by atoms with Crippen LogP contribution in [0.15, 0.2) is 11.4 Å². The second-order valence-corrected chi connectivity index (χ2v) is 6.74. The molecule has 0 radical (unpaired) electrons. The molecule has 6 heteroatoms. The predicted molar refractivity (Wildman–Crippen MR) is 89.7 cm³/mol. The minimum atomic E-state index is 0.503. The molecule has 3 heterocycles. The number of piperidine rings is 1. The number of nitrogen functional groups attached to an aromatic ring is 1. The molecule has 0 bridgehead atoms. The summed E-state index contributed by atoms with van der Waals surface area (Å²) in [5.41, 5.74) is 3.10. The van der Waals surface area contributed by atoms with Crippen molar-refractivity contribution in [1.29, 1.82) is 0 Å². The number of hydrazine groups is 1. The molecule has 2 aromatic rings. The number of nitrogens with two attached hydrogens (primary N) is 1. The second kappa shape index (κ2) is 5.77. The molecular weight excluding hydrogens is 282 g/mol. The fraction of sp³-hybridized carbons (Fsp3) is 0.600. The SMILES string of the molecule is CCC1(CC)CCN(c2nc(NN)nc3sccc23)CC1. The van der Waals surface area contributed by atoms with Gasteiger partial charge in [0.2, 0.25) is 5.95 Å². The van der Waals surface area contributed by atoms with E-state index >= 15 is 0 Å². The van der Waals surface area contributed by atoms with Gasteiger partial charge in [0.25, 0.3) is 0 Å². The number of thiophene rings is 1. The van der Waals surface area contributed by atoms with Crippen LogP contribution in [0.4, 0.5) is 11.8 Å². The average Bonchev–Trinajstić information content (AvgIpc) is 3.02. The summed E-state index contributed by atoms with van der Waals surface area (Å²) in [6, 6.07) is 2.11. The first kappa shape index (κ1) is 14.5. The van der Waals surface area contributed by atoms with Gasteiger partial charge in [0.1, 0.15) is 10.6 Å². The maximum absolute atomic E-state index is 5.51. The number of nitrogens with zero attached hydrogens (tertiary/aromatic N) is 3. The molecule has 1 aliphatic heterocycles. The molecule has 21 heavy (non-hydrogen) atoms. The summed E-state index contributed by atoms with van der Waals surface area (Å²) in [6.07, 6.45) is 5.01. The maximum atomic E-state index is 5.51. The molecular formula is C15H23N5S. The summed E-state index contributed by atoms with van der Waals surface area (Å²) in [6.45, 7) is 6.76. The normalized spacial score (nSPS) is 18.1. The molecule has 3 N–H and O–H groups in total. The van der Waals surface area contributed by atoms with Crippen molar-refractivity contribution in [1.82, 2.24) is 9.97 Å². The van der Waals surface area contributed by atoms with Crippen molar-refractivity contribution in [3.05, 3.63) is 11.4 Å². The van der Waals surface area contributed by atoms with Crippen LogP contribution in [0.25, 0.3) is 10.2 Å². The molecule has 0 saturated carbocycles. The molecule has 5 nitrogen and oxygen atoms in total. The monoisotopic (exact) mass is 305 g/mol. The van der Waals surface area contributed by atoms with Crippen LogP contribution in [0.3, 0.4) is 0 Å². The zero-order valence-corrected chi connectivity index (χ0v) is 13.5. The zero-order chi connectivity index (χ0) is 14.9. The fourth-order valence-electron chi connectivity index (χ4n) is 3.30. The van der Waals surface area contributed by atoms with Gasteiger partial charge in [-0.25, -0.2) is 10.8 Å². The Morgan fingerprint density at radius 3 is 2.62 bits per heavy atom. The van der Waals surface area contributed by atoms with Crippen molar-refractivity contribution in [3.8, 4) is 0 Å². The molecule has 0 amide bonds. The van der Waals surface area contributed by atoms with Gasteiger partial charge in [-0.05, 0) is 29.7 Å². The lowest BCUT2D eigenvalue weighted by Crippen LogP contribution is -2.40. The van der Waals surface area contributed by atoms with Crippen molar-refractivity contribution < 1.29 is 0 Å². The second-order valence-electron chi connectivity index (χ2n) is 5.85. The highest BCUT2D eigenvalue weighted by Crippen LogP contribution is 2.40. The largest absolute Gasteiger partial charge is 0.356 e. The van der Waals surface area contributed by atoms with Crippen LogP contribution in [0, 0.1) is 5.41 Å². The molecule has 1 saturated heterocycles. The maximum Gasteiger partial charge on any atom is 0.240 e. The van der Waals surface area contributed by atoms with E-state index in [-0.39, 0.29) is 0 Å². The van der Waals surface area contributed by atoms with Gasteiger partial charge in [-0.1, -0.05) is 26.7 Å². The van der Waals surface area contributed by atoms with Crippen LogP contribution >= 0.6 is 11.3 Å². The summed E-state index contributed by atoms with van der Waals surface area (Å²) >= 11 is 1.63. The lowest BCUT2D eigenvalue weighted by molar-refractivity contribution is 0.199. The summed E-state index contributed by atoms with van der Waals surface area (Å²) in [4.78, 5) is 12.4. The van der Waals surface area contributed by atoms with E-state index in [9.17, 15) is 0 Å². The molecule has 0 aliphatic carbocycles. The third-order valence-electron chi connectivity index (χ3n) is 5.06. The molecule has 0 unspecified atom stereocenters. The van der Waals surface area contributed by atoms with E-state index < -0.39 is 0 Å². The number of anilines is 2. The lowest BCUT2D eigenvalue weighted by Gasteiger charge is -2.41. The number of rotatable bonds is 4. The van der Waals surface area contributed by atoms with Crippen molar-refractivity contribution in [2.24, 2.45) is 11.3 Å². The summed E-state index contributed by atoms with van der Waals surface area (Å²) < 4.78 is 0. The highest BCUT2D eigenvalue weighted by Gasteiger charge is 2.32. The van der Waals surface area contributed by atoms with E-state index in [0.717, 1.165) is 29.1 Å². The Labute approximate surface area is 129 Å². The van der Waals surface area contributed by atoms with Crippen LogP contribution in [-0.2, 0) is 0 Å². The van der Waals surface area contributed by atoms with Crippen LogP contribution in [0.5, 0.6) is 0 Å². The Balaban J connectivity index is 1.90. The minimum absolute atomic E-state index is 0.503. The third-order valence-corrected chi connectivity index (χ3v) is 5.86. The van der Waals surface area contributed by atoms with E-state index in [1.54, 1.807) is 11.3 Å². The lowest BCUT2D eigenvalue weighted by atomic mass is 9.74. The van der Waals surface area contributed by atoms with Crippen molar-refractivity contribution in [2.75, 3.05) is 23.4 Å². The molecule has 1 aliphatic rings. The van der Waals surface area contributed by atoms with E-state index in [0.29, 0.717) is 11.4 Å². The molecule has 0 spiro atoms. The van der Waals surface area contributed by atoms with Gasteiger partial charge in [-0.3, -0.25) is 5.43 Å². The van der Waals surface area contributed by atoms with Gasteiger partial charge in [-0.15, -0.1) is 11.3 Å². The average molecular weight is 305 g/mol. The first-order valence-electron chi connectivity index (χ1n) is 7.68. The first-order valence-corrected chi connectivity index (χ1v) is 8.56. The van der Waals surface area contributed by atoms with Crippen LogP contribution in [0.2, 0.25) is 0 Å². The number of aromatic nitrogens is 2. The topological polar surface area (TPSA) is 67.1 Å². The molecule has 114 valence electrons.